The molecule has 0 aliphatic carbocycles. The van der Waals surface area contributed by atoms with Crippen molar-refractivity contribution >= 4 is 11.7 Å². The molecule has 4 heteroatoms. The zero-order valence-corrected chi connectivity index (χ0v) is 16.1. The lowest BCUT2D eigenvalue weighted by atomic mass is 10.00. The van der Waals surface area contributed by atoms with E-state index >= 15 is 0 Å². The first kappa shape index (κ1) is 18.6. The van der Waals surface area contributed by atoms with E-state index in [1.807, 2.05) is 35.2 Å². The number of likely N-dealkylation sites (tertiary alicyclic amines) is 1. The summed E-state index contributed by atoms with van der Waals surface area (Å²) in [7, 11) is 0. The van der Waals surface area contributed by atoms with E-state index in [4.69, 9.17) is 0 Å². The zero-order chi connectivity index (χ0) is 18.5. The normalized spacial score (nSPS) is 16.0. The van der Waals surface area contributed by atoms with E-state index in [2.05, 4.69) is 42.8 Å². The molecule has 0 bridgehead atoms. The molecule has 138 valence electrons. The van der Waals surface area contributed by atoms with E-state index < -0.39 is 0 Å². The SMILES string of the molecule is Cc1cccc(CC(=O)N(c2ccccn2)C2CCN(C(C)C)CC2)c1. The van der Waals surface area contributed by atoms with Crippen LogP contribution in [0.15, 0.2) is 48.7 Å². The van der Waals surface area contributed by atoms with Gasteiger partial charge in [0.15, 0.2) is 0 Å². The Morgan fingerprint density at radius 3 is 2.58 bits per heavy atom. The number of carbonyl (C=O) groups excluding carboxylic acids is 1. The molecule has 0 radical (unpaired) electrons. The molecule has 1 aliphatic rings. The summed E-state index contributed by atoms with van der Waals surface area (Å²) in [5, 5.41) is 0. The zero-order valence-electron chi connectivity index (χ0n) is 16.1. The van der Waals surface area contributed by atoms with Crippen LogP contribution in [-0.4, -0.2) is 41.0 Å². The Hall–Kier alpha value is -2.20. The van der Waals surface area contributed by atoms with Crippen LogP contribution in [0.1, 0.15) is 37.8 Å². The number of amides is 1. The summed E-state index contributed by atoms with van der Waals surface area (Å²) in [6.07, 6.45) is 4.18. The Labute approximate surface area is 156 Å². The molecule has 0 saturated carbocycles. The van der Waals surface area contributed by atoms with Gasteiger partial charge in [0.1, 0.15) is 5.82 Å². The van der Waals surface area contributed by atoms with Crippen LogP contribution in [0.25, 0.3) is 0 Å². The van der Waals surface area contributed by atoms with E-state index in [1.165, 1.54) is 5.56 Å². The van der Waals surface area contributed by atoms with Crippen molar-refractivity contribution < 1.29 is 4.79 Å². The third kappa shape index (κ3) is 4.50. The van der Waals surface area contributed by atoms with Gasteiger partial charge >= 0.3 is 0 Å². The maximum absolute atomic E-state index is 13.2. The van der Waals surface area contributed by atoms with Crippen LogP contribution in [0.2, 0.25) is 0 Å². The minimum atomic E-state index is 0.136. The molecular weight excluding hydrogens is 322 g/mol. The molecule has 1 fully saturated rings. The Balaban J connectivity index is 1.79. The Kier molecular flexibility index (Phi) is 6.04. The average molecular weight is 351 g/mol. The predicted molar refractivity (Wildman–Crippen MR) is 106 cm³/mol. The van der Waals surface area contributed by atoms with Gasteiger partial charge in [-0.25, -0.2) is 4.98 Å². The van der Waals surface area contributed by atoms with Crippen molar-refractivity contribution in [3.05, 3.63) is 59.8 Å². The van der Waals surface area contributed by atoms with Crippen LogP contribution in [0, 0.1) is 6.92 Å². The first-order valence-electron chi connectivity index (χ1n) is 9.57. The number of pyridine rings is 1. The summed E-state index contributed by atoms with van der Waals surface area (Å²) in [6.45, 7) is 8.60. The molecule has 26 heavy (non-hydrogen) atoms. The van der Waals surface area contributed by atoms with Crippen molar-refractivity contribution in [2.24, 2.45) is 0 Å². The van der Waals surface area contributed by atoms with Crippen molar-refractivity contribution in [1.29, 1.82) is 0 Å². The third-order valence-corrected chi connectivity index (χ3v) is 5.20. The molecular formula is C22H29N3O. The monoisotopic (exact) mass is 351 g/mol. The predicted octanol–water partition coefficient (Wildman–Crippen LogP) is 3.84. The van der Waals surface area contributed by atoms with Crippen LogP contribution in [-0.2, 0) is 11.2 Å². The molecule has 1 aromatic carbocycles. The van der Waals surface area contributed by atoms with Crippen molar-refractivity contribution in [3.8, 4) is 0 Å². The van der Waals surface area contributed by atoms with Crippen LogP contribution < -0.4 is 4.90 Å². The lowest BCUT2D eigenvalue weighted by Gasteiger charge is -2.39. The second-order valence-electron chi connectivity index (χ2n) is 7.48. The fourth-order valence-electron chi connectivity index (χ4n) is 3.76. The molecule has 1 aliphatic heterocycles. The van der Waals surface area contributed by atoms with Crippen LogP contribution in [0.5, 0.6) is 0 Å². The number of carbonyl (C=O) groups is 1. The van der Waals surface area contributed by atoms with E-state index in [-0.39, 0.29) is 11.9 Å². The number of anilines is 1. The van der Waals surface area contributed by atoms with Gasteiger partial charge in [0.25, 0.3) is 0 Å². The largest absolute Gasteiger partial charge is 0.301 e. The lowest BCUT2D eigenvalue weighted by Crippen LogP contribution is -2.49. The number of piperidine rings is 1. The summed E-state index contributed by atoms with van der Waals surface area (Å²) >= 11 is 0. The Morgan fingerprint density at radius 2 is 1.96 bits per heavy atom. The number of rotatable bonds is 5. The highest BCUT2D eigenvalue weighted by Gasteiger charge is 2.30. The fourth-order valence-corrected chi connectivity index (χ4v) is 3.76. The molecule has 1 saturated heterocycles. The van der Waals surface area contributed by atoms with E-state index in [0.717, 1.165) is 37.3 Å². The highest BCUT2D eigenvalue weighted by molar-refractivity contribution is 5.94. The number of aromatic nitrogens is 1. The second-order valence-corrected chi connectivity index (χ2v) is 7.48. The van der Waals surface area contributed by atoms with Gasteiger partial charge in [-0.3, -0.25) is 9.69 Å². The van der Waals surface area contributed by atoms with Gasteiger partial charge in [-0.15, -0.1) is 0 Å². The number of nitrogens with zero attached hydrogens (tertiary/aromatic N) is 3. The molecule has 0 N–H and O–H groups in total. The summed E-state index contributed by atoms with van der Waals surface area (Å²) in [5.74, 6) is 0.908. The smallest absolute Gasteiger partial charge is 0.232 e. The van der Waals surface area contributed by atoms with Gasteiger partial charge < -0.3 is 4.90 Å². The minimum Gasteiger partial charge on any atom is -0.301 e. The number of benzene rings is 1. The first-order valence-corrected chi connectivity index (χ1v) is 9.57. The highest BCUT2D eigenvalue weighted by Crippen LogP contribution is 2.24. The minimum absolute atomic E-state index is 0.136. The van der Waals surface area contributed by atoms with Crippen molar-refractivity contribution in [3.63, 3.8) is 0 Å². The van der Waals surface area contributed by atoms with Gasteiger partial charge in [-0.1, -0.05) is 35.9 Å². The van der Waals surface area contributed by atoms with Crippen LogP contribution in [0.3, 0.4) is 0 Å². The number of hydrogen-bond donors (Lipinski definition) is 0. The number of aryl methyl sites for hydroxylation is 1. The van der Waals surface area contributed by atoms with Crippen molar-refractivity contribution in [1.82, 2.24) is 9.88 Å². The standard InChI is InChI=1S/C22H29N3O/c1-17(2)24-13-10-20(11-14-24)25(21-9-4-5-12-23-21)22(26)16-19-8-6-7-18(3)15-19/h4-9,12,15,17,20H,10-11,13-14,16H2,1-3H3. The van der Waals surface area contributed by atoms with Crippen molar-refractivity contribution in [2.45, 2.75) is 52.1 Å². The highest BCUT2D eigenvalue weighted by atomic mass is 16.2. The van der Waals surface area contributed by atoms with Crippen molar-refractivity contribution in [2.75, 3.05) is 18.0 Å². The molecule has 0 spiro atoms. The molecule has 2 heterocycles. The molecule has 2 aromatic rings. The summed E-state index contributed by atoms with van der Waals surface area (Å²) in [6, 6.07) is 14.8. The number of hydrogen-bond acceptors (Lipinski definition) is 3. The molecule has 4 nitrogen and oxygen atoms in total. The second kappa shape index (κ2) is 8.45. The van der Waals surface area contributed by atoms with E-state index in [0.29, 0.717) is 12.5 Å². The molecule has 1 aromatic heterocycles. The third-order valence-electron chi connectivity index (χ3n) is 5.20. The summed E-state index contributed by atoms with van der Waals surface area (Å²) in [4.78, 5) is 22.1. The van der Waals surface area contributed by atoms with Gasteiger partial charge in [0.05, 0.1) is 6.42 Å². The van der Waals surface area contributed by atoms with Gasteiger partial charge in [-0.05, 0) is 51.3 Å². The maximum atomic E-state index is 13.2. The lowest BCUT2D eigenvalue weighted by molar-refractivity contribution is -0.118. The Bertz CT molecular complexity index is 721. The van der Waals surface area contributed by atoms with E-state index in [1.54, 1.807) is 6.20 Å². The summed E-state index contributed by atoms with van der Waals surface area (Å²) < 4.78 is 0. The summed E-state index contributed by atoms with van der Waals surface area (Å²) in [5.41, 5.74) is 2.25. The quantitative estimate of drug-likeness (QED) is 0.821. The van der Waals surface area contributed by atoms with Gasteiger partial charge in [0.2, 0.25) is 5.91 Å². The molecule has 0 unspecified atom stereocenters. The fraction of sp³-hybridized carbons (Fsp3) is 0.455. The van der Waals surface area contributed by atoms with Crippen LogP contribution in [0.4, 0.5) is 5.82 Å². The topological polar surface area (TPSA) is 36.4 Å². The van der Waals surface area contributed by atoms with Crippen LogP contribution >= 0.6 is 0 Å². The Morgan fingerprint density at radius 1 is 1.19 bits per heavy atom. The average Bonchev–Trinajstić information content (AvgIpc) is 2.63. The molecule has 1 amide bonds. The van der Waals surface area contributed by atoms with E-state index in [9.17, 15) is 4.79 Å². The first-order chi connectivity index (χ1) is 12.5. The maximum Gasteiger partial charge on any atom is 0.232 e. The molecule has 0 atom stereocenters. The molecule has 3 rings (SSSR count). The van der Waals surface area contributed by atoms with Gasteiger partial charge in [0, 0.05) is 31.4 Å². The van der Waals surface area contributed by atoms with Gasteiger partial charge in [-0.2, -0.15) is 0 Å².